The Balaban J connectivity index is 1.76. The molecule has 0 aliphatic rings. The Kier molecular flexibility index (Phi) is 6.51. The zero-order valence-corrected chi connectivity index (χ0v) is 15.3. The Labute approximate surface area is 152 Å². The lowest BCUT2D eigenvalue weighted by molar-refractivity contribution is -0.124. The summed E-state index contributed by atoms with van der Waals surface area (Å²) in [5.74, 6) is -0.968. The van der Waals surface area contributed by atoms with Gasteiger partial charge in [-0.2, -0.15) is 0 Å². The molecule has 3 amide bonds. The number of benzene rings is 1. The van der Waals surface area contributed by atoms with E-state index in [-0.39, 0.29) is 24.9 Å². The van der Waals surface area contributed by atoms with Gasteiger partial charge in [-0.15, -0.1) is 11.3 Å². The van der Waals surface area contributed by atoms with Gasteiger partial charge in [-0.1, -0.05) is 18.2 Å². The van der Waals surface area contributed by atoms with Crippen molar-refractivity contribution in [1.29, 1.82) is 0 Å². The first-order chi connectivity index (χ1) is 11.5. The number of hydrogen-bond donors (Lipinski definition) is 2. The summed E-state index contributed by atoms with van der Waals surface area (Å²) in [6, 6.07) is 12.4. The van der Waals surface area contributed by atoms with Crippen LogP contribution in [0.5, 0.6) is 0 Å². The zero-order valence-electron chi connectivity index (χ0n) is 12.9. The number of para-hydroxylation sites is 1. The van der Waals surface area contributed by atoms with Crippen LogP contribution in [0.4, 0.5) is 5.69 Å². The number of likely N-dealkylation sites (N-methyl/N-ethyl adjacent to an activating group) is 1. The monoisotopic (exact) mass is 409 g/mol. The van der Waals surface area contributed by atoms with Gasteiger partial charge < -0.3 is 15.5 Å². The summed E-state index contributed by atoms with van der Waals surface area (Å²) < 4.78 is 0.848. The molecule has 1 aromatic heterocycles. The smallest absolute Gasteiger partial charge is 0.264 e. The van der Waals surface area contributed by atoms with E-state index in [4.69, 9.17) is 0 Å². The number of carbonyl (C=O) groups excluding carboxylic acids is 3. The Morgan fingerprint density at radius 2 is 1.79 bits per heavy atom. The van der Waals surface area contributed by atoms with Gasteiger partial charge in [0.1, 0.15) is 0 Å². The predicted molar refractivity (Wildman–Crippen MR) is 97.1 cm³/mol. The molecule has 1 aromatic carbocycles. The molecule has 0 unspecified atom stereocenters. The molecule has 24 heavy (non-hydrogen) atoms. The van der Waals surface area contributed by atoms with Crippen molar-refractivity contribution in [2.75, 3.05) is 25.5 Å². The molecule has 2 N–H and O–H groups in total. The van der Waals surface area contributed by atoms with Crippen LogP contribution >= 0.6 is 27.3 Å². The third kappa shape index (κ3) is 5.47. The van der Waals surface area contributed by atoms with Crippen molar-refractivity contribution >= 4 is 50.7 Å². The number of anilines is 1. The van der Waals surface area contributed by atoms with Gasteiger partial charge in [-0.25, -0.2) is 0 Å². The van der Waals surface area contributed by atoms with E-state index >= 15 is 0 Å². The van der Waals surface area contributed by atoms with Gasteiger partial charge in [0, 0.05) is 12.7 Å². The first-order valence-corrected chi connectivity index (χ1v) is 8.69. The molecule has 1 heterocycles. The molecule has 0 aliphatic heterocycles. The predicted octanol–water partition coefficient (Wildman–Crippen LogP) is 2.34. The number of rotatable bonds is 6. The topological polar surface area (TPSA) is 78.5 Å². The third-order valence-electron chi connectivity index (χ3n) is 3.02. The highest BCUT2D eigenvalue weighted by Gasteiger charge is 2.17. The third-order valence-corrected chi connectivity index (χ3v) is 4.63. The second kappa shape index (κ2) is 8.60. The van der Waals surface area contributed by atoms with Gasteiger partial charge in [-0.05, 0) is 40.2 Å². The SMILES string of the molecule is CN(CC(=O)NCC(=O)Nc1ccccc1)C(=O)c1ccc(Br)s1. The number of nitrogens with one attached hydrogen (secondary N) is 2. The minimum absolute atomic E-state index is 0.118. The van der Waals surface area contributed by atoms with Crippen LogP contribution in [0, 0.1) is 0 Å². The van der Waals surface area contributed by atoms with E-state index in [1.54, 1.807) is 43.4 Å². The summed E-state index contributed by atoms with van der Waals surface area (Å²) in [5.41, 5.74) is 0.660. The Morgan fingerprint density at radius 1 is 1.08 bits per heavy atom. The van der Waals surface area contributed by atoms with Crippen molar-refractivity contribution in [2.45, 2.75) is 0 Å². The van der Waals surface area contributed by atoms with E-state index in [1.165, 1.54) is 16.2 Å². The van der Waals surface area contributed by atoms with E-state index in [9.17, 15) is 14.4 Å². The van der Waals surface area contributed by atoms with Crippen molar-refractivity contribution in [2.24, 2.45) is 0 Å². The Morgan fingerprint density at radius 3 is 2.42 bits per heavy atom. The molecule has 8 heteroatoms. The van der Waals surface area contributed by atoms with Crippen LogP contribution in [0.3, 0.4) is 0 Å². The molecule has 0 radical (unpaired) electrons. The summed E-state index contributed by atoms with van der Waals surface area (Å²) in [7, 11) is 1.54. The summed E-state index contributed by atoms with van der Waals surface area (Å²) in [6.07, 6.45) is 0. The van der Waals surface area contributed by atoms with Gasteiger partial charge in [-0.3, -0.25) is 14.4 Å². The van der Waals surface area contributed by atoms with Crippen LogP contribution in [0.25, 0.3) is 0 Å². The highest BCUT2D eigenvalue weighted by Crippen LogP contribution is 2.22. The molecule has 0 atom stereocenters. The maximum atomic E-state index is 12.1. The lowest BCUT2D eigenvalue weighted by Gasteiger charge is -2.15. The average Bonchev–Trinajstić information content (AvgIpc) is 2.99. The van der Waals surface area contributed by atoms with Gasteiger partial charge >= 0.3 is 0 Å². The standard InChI is InChI=1S/C16H16BrN3O3S/c1-20(16(23)12-7-8-13(17)24-12)10-15(22)18-9-14(21)19-11-5-3-2-4-6-11/h2-8H,9-10H2,1H3,(H,18,22)(H,19,21). The molecule has 0 fully saturated rings. The number of hydrogen-bond acceptors (Lipinski definition) is 4. The van der Waals surface area contributed by atoms with Gasteiger partial charge in [0.25, 0.3) is 5.91 Å². The summed E-state index contributed by atoms with van der Waals surface area (Å²) >= 11 is 4.59. The largest absolute Gasteiger partial charge is 0.345 e. The summed E-state index contributed by atoms with van der Waals surface area (Å²) in [4.78, 5) is 37.6. The molecule has 2 aromatic rings. The fourth-order valence-corrected chi connectivity index (χ4v) is 3.25. The average molecular weight is 410 g/mol. The number of thiophene rings is 1. The lowest BCUT2D eigenvalue weighted by atomic mass is 10.3. The number of amides is 3. The van der Waals surface area contributed by atoms with Gasteiger partial charge in [0.15, 0.2) is 0 Å². The molecular formula is C16H16BrN3O3S. The lowest BCUT2D eigenvalue weighted by Crippen LogP contribution is -2.41. The number of carbonyl (C=O) groups is 3. The second-order valence-corrected chi connectivity index (χ2v) is 7.42. The summed E-state index contributed by atoms with van der Waals surface area (Å²) in [6.45, 7) is -0.271. The first kappa shape index (κ1) is 18.2. The first-order valence-electron chi connectivity index (χ1n) is 7.08. The van der Waals surface area contributed by atoms with Gasteiger partial charge in [0.05, 0.1) is 21.8 Å². The van der Waals surface area contributed by atoms with Crippen molar-refractivity contribution in [3.8, 4) is 0 Å². The van der Waals surface area contributed by atoms with Crippen LogP contribution in [-0.2, 0) is 9.59 Å². The molecule has 0 saturated carbocycles. The molecule has 6 nitrogen and oxygen atoms in total. The highest BCUT2D eigenvalue weighted by atomic mass is 79.9. The number of nitrogens with zero attached hydrogens (tertiary/aromatic N) is 1. The van der Waals surface area contributed by atoms with Crippen molar-refractivity contribution in [3.05, 3.63) is 51.1 Å². The van der Waals surface area contributed by atoms with Crippen molar-refractivity contribution in [1.82, 2.24) is 10.2 Å². The van der Waals surface area contributed by atoms with Crippen LogP contribution in [0.2, 0.25) is 0 Å². The Bertz CT molecular complexity index is 733. The molecule has 0 saturated heterocycles. The van der Waals surface area contributed by atoms with E-state index in [1.807, 2.05) is 6.07 Å². The maximum absolute atomic E-state index is 12.1. The highest BCUT2D eigenvalue weighted by molar-refractivity contribution is 9.11. The normalized spacial score (nSPS) is 10.1. The van der Waals surface area contributed by atoms with Crippen LogP contribution in [0.15, 0.2) is 46.3 Å². The number of halogens is 1. The van der Waals surface area contributed by atoms with E-state index in [2.05, 4.69) is 26.6 Å². The van der Waals surface area contributed by atoms with E-state index in [0.29, 0.717) is 10.6 Å². The molecular weight excluding hydrogens is 394 g/mol. The van der Waals surface area contributed by atoms with Crippen LogP contribution in [0.1, 0.15) is 9.67 Å². The Hall–Kier alpha value is -2.19. The van der Waals surface area contributed by atoms with Crippen molar-refractivity contribution < 1.29 is 14.4 Å². The summed E-state index contributed by atoms with van der Waals surface area (Å²) in [5, 5.41) is 5.16. The molecule has 0 bridgehead atoms. The van der Waals surface area contributed by atoms with E-state index < -0.39 is 5.91 Å². The molecule has 2 rings (SSSR count). The molecule has 0 aliphatic carbocycles. The minimum atomic E-state index is -0.398. The fraction of sp³-hybridized carbons (Fsp3) is 0.188. The molecule has 0 spiro atoms. The second-order valence-electron chi connectivity index (χ2n) is 4.96. The molecule has 126 valence electrons. The minimum Gasteiger partial charge on any atom is -0.345 e. The van der Waals surface area contributed by atoms with Crippen molar-refractivity contribution in [3.63, 3.8) is 0 Å². The van der Waals surface area contributed by atoms with Crippen LogP contribution in [-0.4, -0.2) is 42.8 Å². The zero-order chi connectivity index (χ0) is 17.5. The van der Waals surface area contributed by atoms with Crippen LogP contribution < -0.4 is 10.6 Å². The maximum Gasteiger partial charge on any atom is 0.264 e. The fourth-order valence-electron chi connectivity index (χ4n) is 1.87. The van der Waals surface area contributed by atoms with E-state index in [0.717, 1.165) is 3.79 Å². The van der Waals surface area contributed by atoms with Gasteiger partial charge in [0.2, 0.25) is 11.8 Å². The quantitative estimate of drug-likeness (QED) is 0.768.